The van der Waals surface area contributed by atoms with Gasteiger partial charge in [-0.25, -0.2) is 4.39 Å². The second-order valence-electron chi connectivity index (χ2n) is 4.90. The highest BCUT2D eigenvalue weighted by Gasteiger charge is 2.18. The van der Waals surface area contributed by atoms with Gasteiger partial charge >= 0.3 is 0 Å². The first-order valence-electron chi connectivity index (χ1n) is 6.35. The summed E-state index contributed by atoms with van der Waals surface area (Å²) in [4.78, 5) is 0. The first-order valence-corrected chi connectivity index (χ1v) is 6.35. The summed E-state index contributed by atoms with van der Waals surface area (Å²) >= 11 is 0. The summed E-state index contributed by atoms with van der Waals surface area (Å²) in [5, 5.41) is 0. The first-order chi connectivity index (χ1) is 8.18. The van der Waals surface area contributed by atoms with Crippen LogP contribution in [0.5, 0.6) is 5.75 Å². The van der Waals surface area contributed by atoms with E-state index in [1.165, 1.54) is 31.7 Å². The van der Waals surface area contributed by atoms with Gasteiger partial charge in [0.25, 0.3) is 0 Å². The first kappa shape index (κ1) is 12.4. The molecule has 0 spiro atoms. The van der Waals surface area contributed by atoms with Gasteiger partial charge in [-0.05, 0) is 37.8 Å². The number of halogens is 1. The Bertz CT molecular complexity index is 372. The fraction of sp³-hybridized carbons (Fsp3) is 0.571. The molecular weight excluding hydrogens is 217 g/mol. The van der Waals surface area contributed by atoms with E-state index in [1.54, 1.807) is 19.1 Å². The highest BCUT2D eigenvalue weighted by Crippen LogP contribution is 2.29. The van der Waals surface area contributed by atoms with Crippen LogP contribution in [0, 0.1) is 11.7 Å². The van der Waals surface area contributed by atoms with Crippen LogP contribution in [0.25, 0.3) is 0 Å². The Morgan fingerprint density at radius 1 is 1.41 bits per heavy atom. The predicted octanol–water partition coefficient (Wildman–Crippen LogP) is 3.41. The minimum Gasteiger partial charge on any atom is -0.493 e. The molecule has 1 saturated carbocycles. The summed E-state index contributed by atoms with van der Waals surface area (Å²) < 4.78 is 19.4. The van der Waals surface area contributed by atoms with Gasteiger partial charge < -0.3 is 10.5 Å². The monoisotopic (exact) mass is 237 g/mol. The van der Waals surface area contributed by atoms with Crippen molar-refractivity contribution in [2.24, 2.45) is 11.7 Å². The van der Waals surface area contributed by atoms with E-state index >= 15 is 0 Å². The minimum absolute atomic E-state index is 0.274. The smallest absolute Gasteiger partial charge is 0.131 e. The third-order valence-electron chi connectivity index (χ3n) is 3.42. The van der Waals surface area contributed by atoms with E-state index in [9.17, 15) is 4.39 Å². The van der Waals surface area contributed by atoms with E-state index in [-0.39, 0.29) is 11.9 Å². The zero-order chi connectivity index (χ0) is 12.3. The summed E-state index contributed by atoms with van der Waals surface area (Å²) in [6.45, 7) is 2.46. The van der Waals surface area contributed by atoms with Gasteiger partial charge in [-0.2, -0.15) is 0 Å². The Kier molecular flexibility index (Phi) is 4.00. The molecule has 2 nitrogen and oxygen atoms in total. The van der Waals surface area contributed by atoms with E-state index in [4.69, 9.17) is 10.5 Å². The highest BCUT2D eigenvalue weighted by atomic mass is 19.1. The molecule has 0 aromatic heterocycles. The van der Waals surface area contributed by atoms with Crippen LogP contribution in [-0.2, 0) is 0 Å². The molecule has 0 amide bonds. The second-order valence-corrected chi connectivity index (χ2v) is 4.90. The lowest BCUT2D eigenvalue weighted by molar-refractivity contribution is 0.247. The van der Waals surface area contributed by atoms with Crippen molar-refractivity contribution < 1.29 is 9.13 Å². The van der Waals surface area contributed by atoms with Crippen molar-refractivity contribution in [1.29, 1.82) is 0 Å². The molecule has 1 aliphatic carbocycles. The Labute approximate surface area is 102 Å². The van der Waals surface area contributed by atoms with Crippen LogP contribution >= 0.6 is 0 Å². The molecule has 94 valence electrons. The maximum atomic E-state index is 13.6. The fourth-order valence-electron chi connectivity index (χ4n) is 2.47. The van der Waals surface area contributed by atoms with E-state index in [2.05, 4.69) is 0 Å². The van der Waals surface area contributed by atoms with Gasteiger partial charge in [-0.3, -0.25) is 0 Å². The van der Waals surface area contributed by atoms with Crippen molar-refractivity contribution in [1.82, 2.24) is 0 Å². The van der Waals surface area contributed by atoms with Crippen LogP contribution in [-0.4, -0.2) is 6.61 Å². The second kappa shape index (κ2) is 5.50. The molecular formula is C14H20FNO. The van der Waals surface area contributed by atoms with Crippen molar-refractivity contribution in [3.63, 3.8) is 0 Å². The van der Waals surface area contributed by atoms with Gasteiger partial charge in [0.05, 0.1) is 6.61 Å². The van der Waals surface area contributed by atoms with Crippen molar-refractivity contribution in [3.8, 4) is 5.75 Å². The molecule has 1 aromatic carbocycles. The van der Waals surface area contributed by atoms with Crippen molar-refractivity contribution >= 4 is 0 Å². The number of rotatable bonds is 4. The SMILES string of the molecule is CC(N)c1c(F)cccc1OCC1CCCC1. The molecule has 0 radical (unpaired) electrons. The van der Waals surface area contributed by atoms with Gasteiger partial charge in [-0.1, -0.05) is 18.9 Å². The van der Waals surface area contributed by atoms with Crippen LogP contribution < -0.4 is 10.5 Å². The number of benzene rings is 1. The van der Waals surface area contributed by atoms with Gasteiger partial charge in [0.2, 0.25) is 0 Å². The van der Waals surface area contributed by atoms with E-state index in [0.717, 1.165) is 0 Å². The molecule has 0 heterocycles. The number of hydrogen-bond acceptors (Lipinski definition) is 2. The molecule has 1 unspecified atom stereocenters. The molecule has 1 atom stereocenters. The zero-order valence-electron chi connectivity index (χ0n) is 10.3. The van der Waals surface area contributed by atoms with E-state index in [0.29, 0.717) is 23.8 Å². The Balaban J connectivity index is 2.06. The Morgan fingerprint density at radius 3 is 2.76 bits per heavy atom. The van der Waals surface area contributed by atoms with Crippen molar-refractivity contribution in [2.75, 3.05) is 6.61 Å². The lowest BCUT2D eigenvalue weighted by Gasteiger charge is -2.17. The number of ether oxygens (including phenoxy) is 1. The number of hydrogen-bond donors (Lipinski definition) is 1. The summed E-state index contributed by atoms with van der Waals surface area (Å²) in [7, 11) is 0. The molecule has 1 fully saturated rings. The maximum absolute atomic E-state index is 13.6. The molecule has 2 rings (SSSR count). The van der Waals surface area contributed by atoms with Crippen LogP contribution in [0.2, 0.25) is 0 Å². The standard InChI is InChI=1S/C14H20FNO/c1-10(16)14-12(15)7-4-8-13(14)17-9-11-5-2-3-6-11/h4,7-8,10-11H,2-3,5-6,9,16H2,1H3. The topological polar surface area (TPSA) is 35.2 Å². The van der Waals surface area contributed by atoms with Gasteiger partial charge in [0, 0.05) is 11.6 Å². The van der Waals surface area contributed by atoms with Gasteiger partial charge in [0.1, 0.15) is 11.6 Å². The fourth-order valence-corrected chi connectivity index (χ4v) is 2.47. The predicted molar refractivity (Wildman–Crippen MR) is 66.5 cm³/mol. The molecule has 0 saturated heterocycles. The average Bonchev–Trinajstić information content (AvgIpc) is 2.78. The average molecular weight is 237 g/mol. The highest BCUT2D eigenvalue weighted by molar-refractivity contribution is 5.36. The van der Waals surface area contributed by atoms with E-state index in [1.807, 2.05) is 0 Å². The minimum atomic E-state index is -0.338. The molecule has 1 aliphatic rings. The zero-order valence-corrected chi connectivity index (χ0v) is 10.3. The summed E-state index contributed by atoms with van der Waals surface area (Å²) in [6.07, 6.45) is 5.03. The van der Waals surface area contributed by atoms with Crippen LogP contribution in [0.15, 0.2) is 18.2 Å². The lowest BCUT2D eigenvalue weighted by atomic mass is 10.1. The van der Waals surface area contributed by atoms with Crippen molar-refractivity contribution in [2.45, 2.75) is 38.6 Å². The lowest BCUT2D eigenvalue weighted by Crippen LogP contribution is -2.13. The molecule has 1 aromatic rings. The molecule has 2 N–H and O–H groups in total. The Morgan fingerprint density at radius 2 is 2.12 bits per heavy atom. The summed E-state index contributed by atoms with van der Waals surface area (Å²) in [6, 6.07) is 4.57. The normalized spacial score (nSPS) is 18.3. The Hall–Kier alpha value is -1.09. The van der Waals surface area contributed by atoms with Crippen LogP contribution in [0.3, 0.4) is 0 Å². The van der Waals surface area contributed by atoms with Gasteiger partial charge in [0.15, 0.2) is 0 Å². The maximum Gasteiger partial charge on any atom is 0.131 e. The van der Waals surface area contributed by atoms with Gasteiger partial charge in [-0.15, -0.1) is 0 Å². The molecule has 0 aliphatic heterocycles. The summed E-state index contributed by atoms with van der Waals surface area (Å²) in [5.74, 6) is 0.954. The number of nitrogens with two attached hydrogens (primary N) is 1. The summed E-state index contributed by atoms with van der Waals surface area (Å²) in [5.41, 5.74) is 6.27. The molecule has 0 bridgehead atoms. The molecule has 3 heteroatoms. The third-order valence-corrected chi connectivity index (χ3v) is 3.42. The largest absolute Gasteiger partial charge is 0.493 e. The quantitative estimate of drug-likeness (QED) is 0.871. The van der Waals surface area contributed by atoms with Crippen LogP contribution in [0.1, 0.15) is 44.2 Å². The van der Waals surface area contributed by atoms with E-state index < -0.39 is 0 Å². The molecule has 17 heavy (non-hydrogen) atoms. The van der Waals surface area contributed by atoms with Crippen LogP contribution in [0.4, 0.5) is 4.39 Å². The third kappa shape index (κ3) is 2.97. The van der Waals surface area contributed by atoms with Crippen molar-refractivity contribution in [3.05, 3.63) is 29.6 Å².